The third-order valence-corrected chi connectivity index (χ3v) is 4.48. The number of thioether (sulfide) groups is 1. The van der Waals surface area contributed by atoms with E-state index in [-0.39, 0.29) is 0 Å². The maximum Gasteiger partial charge on any atom is 0.132 e. The zero-order chi connectivity index (χ0) is 10.7. The van der Waals surface area contributed by atoms with E-state index in [9.17, 15) is 4.79 Å². The van der Waals surface area contributed by atoms with Crippen molar-refractivity contribution in [3.05, 3.63) is 28.7 Å². The number of carbonyl (C=O) groups is 1. The molecular weight excluding hydrogens is 272 g/mol. The first-order valence-electron chi connectivity index (χ1n) is 5.18. The molecule has 1 aliphatic rings. The standard InChI is InChI=1S/C12H13BrOS/c13-9-1-5-11(6-2-9)15-12-7-3-10(14)4-8-12/h1-2,5-6,12H,3-4,7-8H2. The van der Waals surface area contributed by atoms with E-state index in [1.807, 2.05) is 11.8 Å². The van der Waals surface area contributed by atoms with Gasteiger partial charge in [-0.1, -0.05) is 15.9 Å². The minimum Gasteiger partial charge on any atom is -0.300 e. The summed E-state index contributed by atoms with van der Waals surface area (Å²) >= 11 is 5.33. The maximum atomic E-state index is 11.1. The third-order valence-electron chi connectivity index (χ3n) is 2.61. The molecule has 0 aromatic heterocycles. The predicted molar refractivity (Wildman–Crippen MR) is 67.3 cm³/mol. The van der Waals surface area contributed by atoms with Gasteiger partial charge in [0.25, 0.3) is 0 Å². The van der Waals surface area contributed by atoms with E-state index in [2.05, 4.69) is 40.2 Å². The quantitative estimate of drug-likeness (QED) is 0.815. The molecule has 0 amide bonds. The average molecular weight is 285 g/mol. The Bertz CT molecular complexity index is 337. The normalized spacial score (nSPS) is 18.1. The minimum absolute atomic E-state index is 0.433. The molecule has 1 fully saturated rings. The van der Waals surface area contributed by atoms with Gasteiger partial charge < -0.3 is 0 Å². The molecule has 3 heteroatoms. The summed E-state index contributed by atoms with van der Waals surface area (Å²) in [6.07, 6.45) is 3.63. The fourth-order valence-corrected chi connectivity index (χ4v) is 3.15. The lowest BCUT2D eigenvalue weighted by Gasteiger charge is -2.20. The maximum absolute atomic E-state index is 11.1. The Labute approximate surface area is 103 Å². The number of hydrogen-bond donors (Lipinski definition) is 0. The molecule has 1 aromatic rings. The molecule has 0 unspecified atom stereocenters. The Morgan fingerprint density at radius 2 is 1.73 bits per heavy atom. The summed E-state index contributed by atoms with van der Waals surface area (Å²) in [5, 5.41) is 0.629. The second kappa shape index (κ2) is 5.17. The number of benzene rings is 1. The van der Waals surface area contributed by atoms with E-state index in [1.54, 1.807) is 0 Å². The van der Waals surface area contributed by atoms with Gasteiger partial charge in [0.2, 0.25) is 0 Å². The first kappa shape index (κ1) is 11.2. The Kier molecular flexibility index (Phi) is 3.87. The van der Waals surface area contributed by atoms with Crippen LogP contribution in [0, 0.1) is 0 Å². The summed E-state index contributed by atoms with van der Waals surface area (Å²) in [4.78, 5) is 12.4. The van der Waals surface area contributed by atoms with Gasteiger partial charge in [-0.3, -0.25) is 4.79 Å². The van der Waals surface area contributed by atoms with E-state index in [4.69, 9.17) is 0 Å². The molecule has 80 valence electrons. The summed E-state index contributed by atoms with van der Waals surface area (Å²) in [7, 11) is 0. The van der Waals surface area contributed by atoms with Crippen LogP contribution in [-0.2, 0) is 4.79 Å². The molecule has 1 nitrogen and oxygen atoms in total. The smallest absolute Gasteiger partial charge is 0.132 e. The molecule has 0 saturated heterocycles. The van der Waals surface area contributed by atoms with Gasteiger partial charge in [-0.15, -0.1) is 11.8 Å². The average Bonchev–Trinajstić information content (AvgIpc) is 2.25. The summed E-state index contributed by atoms with van der Waals surface area (Å²) in [5.41, 5.74) is 0. The van der Waals surface area contributed by atoms with Crippen molar-refractivity contribution in [1.82, 2.24) is 0 Å². The van der Waals surface area contributed by atoms with Crippen LogP contribution in [0.1, 0.15) is 25.7 Å². The second-order valence-electron chi connectivity index (χ2n) is 3.81. The van der Waals surface area contributed by atoms with Crippen LogP contribution in [0.3, 0.4) is 0 Å². The van der Waals surface area contributed by atoms with E-state index in [0.717, 1.165) is 30.2 Å². The number of halogens is 1. The van der Waals surface area contributed by atoms with Gasteiger partial charge in [-0.05, 0) is 37.1 Å². The molecule has 0 spiro atoms. The second-order valence-corrected chi connectivity index (χ2v) is 6.10. The van der Waals surface area contributed by atoms with E-state index in [0.29, 0.717) is 11.0 Å². The molecule has 1 saturated carbocycles. The highest BCUT2D eigenvalue weighted by Crippen LogP contribution is 2.32. The Morgan fingerprint density at radius 3 is 2.33 bits per heavy atom. The Morgan fingerprint density at radius 1 is 1.13 bits per heavy atom. The Balaban J connectivity index is 1.91. The summed E-state index contributed by atoms with van der Waals surface area (Å²) in [6.45, 7) is 0. The number of carbonyl (C=O) groups excluding carboxylic acids is 1. The number of rotatable bonds is 2. The molecule has 0 aliphatic heterocycles. The molecule has 15 heavy (non-hydrogen) atoms. The molecule has 0 atom stereocenters. The zero-order valence-corrected chi connectivity index (χ0v) is 10.8. The van der Waals surface area contributed by atoms with Crippen LogP contribution in [0.25, 0.3) is 0 Å². The minimum atomic E-state index is 0.433. The highest BCUT2D eigenvalue weighted by molar-refractivity contribution is 9.10. The van der Waals surface area contributed by atoms with Crippen LogP contribution >= 0.6 is 27.7 Å². The van der Waals surface area contributed by atoms with E-state index >= 15 is 0 Å². The van der Waals surface area contributed by atoms with Crippen LogP contribution in [0.5, 0.6) is 0 Å². The van der Waals surface area contributed by atoms with E-state index < -0.39 is 0 Å². The molecule has 0 heterocycles. The summed E-state index contributed by atoms with van der Waals surface area (Å²) in [6, 6.07) is 8.39. The van der Waals surface area contributed by atoms with Crippen molar-refractivity contribution in [2.45, 2.75) is 35.8 Å². The van der Waals surface area contributed by atoms with Gasteiger partial charge in [0.15, 0.2) is 0 Å². The van der Waals surface area contributed by atoms with Crippen molar-refractivity contribution in [3.63, 3.8) is 0 Å². The number of ketones is 1. The third kappa shape index (κ3) is 3.35. The van der Waals surface area contributed by atoms with Gasteiger partial charge in [0, 0.05) is 27.5 Å². The van der Waals surface area contributed by atoms with Crippen molar-refractivity contribution in [2.75, 3.05) is 0 Å². The monoisotopic (exact) mass is 284 g/mol. The first-order valence-corrected chi connectivity index (χ1v) is 6.85. The van der Waals surface area contributed by atoms with Gasteiger partial charge in [0.05, 0.1) is 0 Å². The molecule has 1 aromatic carbocycles. The van der Waals surface area contributed by atoms with Gasteiger partial charge in [-0.2, -0.15) is 0 Å². The largest absolute Gasteiger partial charge is 0.300 e. The molecule has 0 N–H and O–H groups in total. The molecule has 1 aliphatic carbocycles. The van der Waals surface area contributed by atoms with Gasteiger partial charge in [0.1, 0.15) is 5.78 Å². The van der Waals surface area contributed by atoms with Gasteiger partial charge in [-0.25, -0.2) is 0 Å². The van der Waals surface area contributed by atoms with Crippen molar-refractivity contribution < 1.29 is 4.79 Å². The van der Waals surface area contributed by atoms with Crippen LogP contribution in [0.15, 0.2) is 33.6 Å². The van der Waals surface area contributed by atoms with Crippen LogP contribution < -0.4 is 0 Å². The topological polar surface area (TPSA) is 17.1 Å². The van der Waals surface area contributed by atoms with Crippen molar-refractivity contribution in [3.8, 4) is 0 Å². The number of hydrogen-bond acceptors (Lipinski definition) is 2. The van der Waals surface area contributed by atoms with Crippen molar-refractivity contribution in [1.29, 1.82) is 0 Å². The van der Waals surface area contributed by atoms with E-state index in [1.165, 1.54) is 4.90 Å². The zero-order valence-electron chi connectivity index (χ0n) is 8.41. The lowest BCUT2D eigenvalue weighted by molar-refractivity contribution is -0.120. The van der Waals surface area contributed by atoms with Crippen LogP contribution in [0.4, 0.5) is 0 Å². The first-order chi connectivity index (χ1) is 7.24. The van der Waals surface area contributed by atoms with Crippen molar-refractivity contribution in [2.24, 2.45) is 0 Å². The van der Waals surface area contributed by atoms with Crippen molar-refractivity contribution >= 4 is 33.5 Å². The number of Topliss-reactive ketones (excluding diaryl/α,β-unsaturated/α-hetero) is 1. The summed E-state index contributed by atoms with van der Waals surface area (Å²) in [5.74, 6) is 0.433. The predicted octanol–water partition coefficient (Wildman–Crippen LogP) is 4.05. The molecule has 2 rings (SSSR count). The lowest BCUT2D eigenvalue weighted by Crippen LogP contribution is -2.15. The fraction of sp³-hybridized carbons (Fsp3) is 0.417. The Hall–Kier alpha value is -0.280. The van der Waals surface area contributed by atoms with Crippen LogP contribution in [0.2, 0.25) is 0 Å². The van der Waals surface area contributed by atoms with Gasteiger partial charge >= 0.3 is 0 Å². The highest BCUT2D eigenvalue weighted by Gasteiger charge is 2.19. The molecular formula is C12H13BrOS. The molecule has 0 bridgehead atoms. The lowest BCUT2D eigenvalue weighted by atomic mass is 9.99. The SMILES string of the molecule is O=C1CCC(Sc2ccc(Br)cc2)CC1. The van der Waals surface area contributed by atoms with Crippen LogP contribution in [-0.4, -0.2) is 11.0 Å². The fourth-order valence-electron chi connectivity index (χ4n) is 1.74. The summed E-state index contributed by atoms with van der Waals surface area (Å²) < 4.78 is 1.12. The molecule has 0 radical (unpaired) electrons. The highest BCUT2D eigenvalue weighted by atomic mass is 79.9.